The number of hydrogen-bond acceptors (Lipinski definition) is 2. The van der Waals surface area contributed by atoms with E-state index in [0.29, 0.717) is 24.7 Å². The van der Waals surface area contributed by atoms with Crippen molar-refractivity contribution >= 4 is 5.97 Å². The number of rotatable bonds is 5. The van der Waals surface area contributed by atoms with Crippen molar-refractivity contribution in [2.75, 3.05) is 0 Å². The number of carbonyl (C=O) groups excluding carboxylic acids is 1. The van der Waals surface area contributed by atoms with Crippen molar-refractivity contribution in [2.24, 2.45) is 17.8 Å². The Labute approximate surface area is 138 Å². The number of ether oxygens (including phenoxy) is 1. The first-order valence-corrected chi connectivity index (χ1v) is 9.31. The second-order valence-corrected chi connectivity index (χ2v) is 7.24. The first-order chi connectivity index (χ1) is 11.0. The summed E-state index contributed by atoms with van der Waals surface area (Å²) in [7, 11) is 0. The molecule has 4 heteroatoms. The average Bonchev–Trinajstić information content (AvgIpc) is 2.61. The molecule has 0 bridgehead atoms. The van der Waals surface area contributed by atoms with Crippen LogP contribution in [0.1, 0.15) is 78.1 Å². The van der Waals surface area contributed by atoms with E-state index in [0.717, 1.165) is 51.4 Å². The van der Waals surface area contributed by atoms with Gasteiger partial charge in [0, 0.05) is 5.92 Å². The second-order valence-electron chi connectivity index (χ2n) is 7.24. The summed E-state index contributed by atoms with van der Waals surface area (Å²) >= 11 is 0. The summed E-state index contributed by atoms with van der Waals surface area (Å²) in [6, 6.07) is 0. The Morgan fingerprint density at radius 1 is 0.870 bits per heavy atom. The summed E-state index contributed by atoms with van der Waals surface area (Å²) < 4.78 is 33.5. The van der Waals surface area contributed by atoms with Crippen molar-refractivity contribution in [3.8, 4) is 0 Å². The van der Waals surface area contributed by atoms with Gasteiger partial charge in [0.2, 0.25) is 5.83 Å². The summed E-state index contributed by atoms with van der Waals surface area (Å²) in [4.78, 5) is 11.9. The quantitative estimate of drug-likeness (QED) is 0.466. The summed E-state index contributed by atoms with van der Waals surface area (Å²) in [5, 5.41) is 0. The standard InChI is InChI=1S/C19H30F2O2/c1-3-13-5-9-15(10-6-13)17(20)18(21)19(22)23-16-11-7-14(4-2)8-12-16/h13-16H,3-12H2,1-2H3/b18-17+. The van der Waals surface area contributed by atoms with Crippen molar-refractivity contribution in [2.45, 2.75) is 84.2 Å². The van der Waals surface area contributed by atoms with Gasteiger partial charge in [0.15, 0.2) is 0 Å². The van der Waals surface area contributed by atoms with E-state index >= 15 is 0 Å². The zero-order valence-corrected chi connectivity index (χ0v) is 14.5. The largest absolute Gasteiger partial charge is 0.457 e. The summed E-state index contributed by atoms with van der Waals surface area (Å²) in [6.45, 7) is 4.28. The molecule has 0 saturated heterocycles. The van der Waals surface area contributed by atoms with Crippen LogP contribution in [0.2, 0.25) is 0 Å². The molecule has 0 amide bonds. The van der Waals surface area contributed by atoms with Crippen molar-refractivity contribution in [3.63, 3.8) is 0 Å². The van der Waals surface area contributed by atoms with E-state index in [2.05, 4.69) is 13.8 Å². The predicted molar refractivity (Wildman–Crippen MR) is 87.1 cm³/mol. The monoisotopic (exact) mass is 328 g/mol. The van der Waals surface area contributed by atoms with Gasteiger partial charge in [-0.1, -0.05) is 26.7 Å². The predicted octanol–water partition coefficient (Wildman–Crippen LogP) is 5.87. The highest BCUT2D eigenvalue weighted by Gasteiger charge is 2.30. The van der Waals surface area contributed by atoms with Gasteiger partial charge < -0.3 is 4.74 Å². The van der Waals surface area contributed by atoms with Gasteiger partial charge >= 0.3 is 5.97 Å². The minimum Gasteiger partial charge on any atom is -0.457 e. The van der Waals surface area contributed by atoms with E-state index in [1.54, 1.807) is 0 Å². The number of hydrogen-bond donors (Lipinski definition) is 0. The molecule has 132 valence electrons. The van der Waals surface area contributed by atoms with Crippen LogP contribution in [0.4, 0.5) is 8.78 Å². The highest BCUT2D eigenvalue weighted by Crippen LogP contribution is 2.37. The maximum atomic E-state index is 14.2. The lowest BCUT2D eigenvalue weighted by Gasteiger charge is -2.28. The number of halogens is 2. The fourth-order valence-electron chi connectivity index (χ4n) is 3.96. The molecule has 0 heterocycles. The van der Waals surface area contributed by atoms with Crippen LogP contribution in [-0.2, 0) is 9.53 Å². The molecule has 2 aliphatic rings. The van der Waals surface area contributed by atoms with Gasteiger partial charge in [0.05, 0.1) is 0 Å². The third-order valence-corrected chi connectivity index (χ3v) is 5.82. The van der Waals surface area contributed by atoms with E-state index in [-0.39, 0.29) is 6.10 Å². The molecule has 0 unspecified atom stereocenters. The van der Waals surface area contributed by atoms with Gasteiger partial charge in [-0.3, -0.25) is 0 Å². The Morgan fingerprint density at radius 3 is 1.83 bits per heavy atom. The van der Waals surface area contributed by atoms with Crippen LogP contribution in [0, 0.1) is 17.8 Å². The molecule has 0 N–H and O–H groups in total. The van der Waals surface area contributed by atoms with Gasteiger partial charge in [-0.15, -0.1) is 0 Å². The van der Waals surface area contributed by atoms with Gasteiger partial charge in [-0.25, -0.2) is 9.18 Å². The molecule has 0 aliphatic heterocycles. The van der Waals surface area contributed by atoms with Crippen molar-refractivity contribution < 1.29 is 18.3 Å². The van der Waals surface area contributed by atoms with Crippen LogP contribution >= 0.6 is 0 Å². The molecule has 0 radical (unpaired) electrons. The maximum absolute atomic E-state index is 14.2. The smallest absolute Gasteiger partial charge is 0.370 e. The third kappa shape index (κ3) is 5.02. The SMILES string of the molecule is CCC1CCC(OC(=O)/C(F)=C(\F)C2CCC(CC)CC2)CC1. The van der Waals surface area contributed by atoms with Crippen LogP contribution in [0.25, 0.3) is 0 Å². The number of esters is 1. The van der Waals surface area contributed by atoms with E-state index in [9.17, 15) is 13.6 Å². The Balaban J connectivity index is 1.85. The third-order valence-electron chi connectivity index (χ3n) is 5.82. The van der Waals surface area contributed by atoms with Crippen LogP contribution in [0.15, 0.2) is 11.7 Å². The highest BCUT2D eigenvalue weighted by atomic mass is 19.2. The van der Waals surface area contributed by atoms with E-state index < -0.39 is 23.5 Å². The average molecular weight is 328 g/mol. The highest BCUT2D eigenvalue weighted by molar-refractivity contribution is 5.86. The van der Waals surface area contributed by atoms with E-state index in [1.165, 1.54) is 0 Å². The van der Waals surface area contributed by atoms with Crippen molar-refractivity contribution in [1.82, 2.24) is 0 Å². The van der Waals surface area contributed by atoms with Crippen molar-refractivity contribution in [3.05, 3.63) is 11.7 Å². The molecular weight excluding hydrogens is 298 g/mol. The zero-order valence-electron chi connectivity index (χ0n) is 14.5. The van der Waals surface area contributed by atoms with Crippen LogP contribution in [-0.4, -0.2) is 12.1 Å². The lowest BCUT2D eigenvalue weighted by molar-refractivity contribution is -0.148. The molecule has 2 saturated carbocycles. The lowest BCUT2D eigenvalue weighted by Crippen LogP contribution is -2.25. The minimum atomic E-state index is -1.29. The molecule has 2 fully saturated rings. The first-order valence-electron chi connectivity index (χ1n) is 9.31. The molecule has 0 spiro atoms. The first kappa shape index (κ1) is 18.4. The molecule has 2 rings (SSSR count). The Morgan fingerprint density at radius 2 is 1.35 bits per heavy atom. The normalized spacial score (nSPS) is 33.0. The second kappa shape index (κ2) is 8.79. The fraction of sp³-hybridized carbons (Fsp3) is 0.842. The van der Waals surface area contributed by atoms with Crippen molar-refractivity contribution in [1.29, 1.82) is 0 Å². The van der Waals surface area contributed by atoms with Crippen LogP contribution < -0.4 is 0 Å². The van der Waals surface area contributed by atoms with Crippen LogP contribution in [0.5, 0.6) is 0 Å². The van der Waals surface area contributed by atoms with Gasteiger partial charge in [0.25, 0.3) is 0 Å². The molecule has 0 atom stereocenters. The zero-order chi connectivity index (χ0) is 16.8. The van der Waals surface area contributed by atoms with E-state index in [1.807, 2.05) is 0 Å². The fourth-order valence-corrected chi connectivity index (χ4v) is 3.96. The lowest BCUT2D eigenvalue weighted by atomic mass is 9.80. The Hall–Kier alpha value is -0.930. The number of allylic oxidation sites excluding steroid dienone is 1. The summed E-state index contributed by atoms with van der Waals surface area (Å²) in [6.07, 6.45) is 8.59. The van der Waals surface area contributed by atoms with Gasteiger partial charge in [-0.2, -0.15) is 4.39 Å². The van der Waals surface area contributed by atoms with Crippen LogP contribution in [0.3, 0.4) is 0 Å². The topological polar surface area (TPSA) is 26.3 Å². The number of carbonyl (C=O) groups is 1. The molecule has 0 aromatic heterocycles. The molecule has 23 heavy (non-hydrogen) atoms. The maximum Gasteiger partial charge on any atom is 0.370 e. The molecule has 2 nitrogen and oxygen atoms in total. The molecule has 0 aromatic rings. The minimum absolute atomic E-state index is 0.250. The van der Waals surface area contributed by atoms with Gasteiger partial charge in [0.1, 0.15) is 11.9 Å². The molecular formula is C19H30F2O2. The molecule has 0 aromatic carbocycles. The Kier molecular flexibility index (Phi) is 7.04. The Bertz CT molecular complexity index is 417. The summed E-state index contributed by atoms with van der Waals surface area (Å²) in [5.74, 6) is -2.42. The molecule has 2 aliphatic carbocycles. The van der Waals surface area contributed by atoms with E-state index in [4.69, 9.17) is 4.74 Å². The van der Waals surface area contributed by atoms with Gasteiger partial charge in [-0.05, 0) is 63.2 Å². The summed E-state index contributed by atoms with van der Waals surface area (Å²) in [5.41, 5.74) is 0.